The van der Waals surface area contributed by atoms with Gasteiger partial charge in [-0.15, -0.1) is 0 Å². The zero-order chi connectivity index (χ0) is 27.2. The molecule has 0 bridgehead atoms. The van der Waals surface area contributed by atoms with E-state index < -0.39 is 11.9 Å². The van der Waals surface area contributed by atoms with Gasteiger partial charge in [0.25, 0.3) is 5.91 Å². The van der Waals surface area contributed by atoms with E-state index >= 15 is 0 Å². The van der Waals surface area contributed by atoms with Crippen molar-refractivity contribution < 1.29 is 28.5 Å². The summed E-state index contributed by atoms with van der Waals surface area (Å²) in [7, 11) is 3.09. The van der Waals surface area contributed by atoms with Gasteiger partial charge in [0.15, 0.2) is 23.0 Å². The lowest BCUT2D eigenvalue weighted by atomic mass is 9.94. The molecule has 39 heavy (non-hydrogen) atoms. The van der Waals surface area contributed by atoms with Crippen molar-refractivity contribution in [3.8, 4) is 23.0 Å². The highest BCUT2D eigenvalue weighted by Gasteiger charge is 2.35. The summed E-state index contributed by atoms with van der Waals surface area (Å²) in [6.45, 7) is 0.252. The van der Waals surface area contributed by atoms with Crippen molar-refractivity contribution in [2.24, 2.45) is 0 Å². The Morgan fingerprint density at radius 3 is 2.54 bits per heavy atom. The molecular formula is C29H32N4O6. The second-order valence-corrected chi connectivity index (χ2v) is 9.57. The van der Waals surface area contributed by atoms with E-state index in [2.05, 4.69) is 15.3 Å². The standard InChI is InChI=1S/C29H32N4O6/c1-36-23-11-9-20(15-25(23)37-2)27(28(34)32-21-6-4-3-5-7-21)33(29(35)22-16-30-12-13-31-22)17-19-8-10-24-26(14-19)39-18-38-24/h8-16,21,27H,3-7,17-18H2,1-2H3,(H,32,34). The van der Waals surface area contributed by atoms with Crippen molar-refractivity contribution in [1.29, 1.82) is 0 Å². The fourth-order valence-electron chi connectivity index (χ4n) is 5.10. The van der Waals surface area contributed by atoms with Crippen molar-refractivity contribution in [2.45, 2.75) is 50.7 Å². The number of hydrogen-bond acceptors (Lipinski definition) is 8. The van der Waals surface area contributed by atoms with Crippen LogP contribution in [0.4, 0.5) is 0 Å². The molecule has 1 saturated carbocycles. The Morgan fingerprint density at radius 1 is 1.00 bits per heavy atom. The number of rotatable bonds is 9. The Labute approximate surface area is 227 Å². The molecular weight excluding hydrogens is 500 g/mol. The molecule has 1 aliphatic heterocycles. The Morgan fingerprint density at radius 2 is 1.79 bits per heavy atom. The molecule has 1 N–H and O–H groups in total. The number of fused-ring (bicyclic) bond motifs is 1. The van der Waals surface area contributed by atoms with Crippen LogP contribution < -0.4 is 24.3 Å². The van der Waals surface area contributed by atoms with Gasteiger partial charge in [-0.3, -0.25) is 14.6 Å². The predicted octanol–water partition coefficient (Wildman–Crippen LogP) is 4.06. The number of ether oxygens (including phenoxy) is 4. The number of nitrogens with zero attached hydrogens (tertiary/aromatic N) is 3. The van der Waals surface area contributed by atoms with Crippen LogP contribution in [-0.2, 0) is 11.3 Å². The molecule has 5 rings (SSSR count). The zero-order valence-electron chi connectivity index (χ0n) is 22.1. The molecule has 0 spiro atoms. The van der Waals surface area contributed by atoms with Gasteiger partial charge in [-0.05, 0) is 48.2 Å². The maximum absolute atomic E-state index is 14.1. The molecule has 1 aliphatic carbocycles. The van der Waals surface area contributed by atoms with E-state index in [1.54, 1.807) is 31.4 Å². The van der Waals surface area contributed by atoms with Gasteiger partial charge in [-0.2, -0.15) is 0 Å². The lowest BCUT2D eigenvalue weighted by molar-refractivity contribution is -0.127. The van der Waals surface area contributed by atoms with Gasteiger partial charge in [0.05, 0.1) is 20.4 Å². The molecule has 0 radical (unpaired) electrons. The first-order valence-electron chi connectivity index (χ1n) is 13.0. The van der Waals surface area contributed by atoms with Crippen LogP contribution in [0, 0.1) is 0 Å². The van der Waals surface area contributed by atoms with E-state index in [9.17, 15) is 9.59 Å². The highest BCUT2D eigenvalue weighted by atomic mass is 16.7. The van der Waals surface area contributed by atoms with E-state index in [4.69, 9.17) is 18.9 Å². The number of amides is 2. The van der Waals surface area contributed by atoms with Crippen LogP contribution in [0.3, 0.4) is 0 Å². The summed E-state index contributed by atoms with van der Waals surface area (Å²) >= 11 is 0. The first-order chi connectivity index (χ1) is 19.1. The lowest BCUT2D eigenvalue weighted by Crippen LogP contribution is -2.47. The van der Waals surface area contributed by atoms with E-state index in [0.29, 0.717) is 28.6 Å². The molecule has 204 valence electrons. The van der Waals surface area contributed by atoms with Crippen LogP contribution in [0.5, 0.6) is 23.0 Å². The maximum Gasteiger partial charge on any atom is 0.275 e. The molecule has 1 unspecified atom stereocenters. The average Bonchev–Trinajstić information content (AvgIpc) is 3.45. The number of carbonyl (C=O) groups is 2. The van der Waals surface area contributed by atoms with E-state index in [-0.39, 0.29) is 31.0 Å². The van der Waals surface area contributed by atoms with Gasteiger partial charge in [0.1, 0.15) is 11.7 Å². The highest BCUT2D eigenvalue weighted by Crippen LogP contribution is 2.36. The third kappa shape index (κ3) is 5.89. The summed E-state index contributed by atoms with van der Waals surface area (Å²) in [5.74, 6) is 1.51. The maximum atomic E-state index is 14.1. The number of nitrogens with one attached hydrogen (secondary N) is 1. The molecule has 2 heterocycles. The summed E-state index contributed by atoms with van der Waals surface area (Å²) in [6, 6.07) is 9.80. The van der Waals surface area contributed by atoms with E-state index in [1.165, 1.54) is 30.6 Å². The number of hydrogen-bond donors (Lipinski definition) is 1. The average molecular weight is 533 g/mol. The van der Waals surface area contributed by atoms with Crippen molar-refractivity contribution in [2.75, 3.05) is 21.0 Å². The molecule has 2 aromatic carbocycles. The third-order valence-corrected chi connectivity index (χ3v) is 7.07. The van der Waals surface area contributed by atoms with Crippen molar-refractivity contribution in [1.82, 2.24) is 20.2 Å². The van der Waals surface area contributed by atoms with E-state index in [1.807, 2.05) is 12.1 Å². The van der Waals surface area contributed by atoms with Crippen LogP contribution in [0.2, 0.25) is 0 Å². The lowest BCUT2D eigenvalue weighted by Gasteiger charge is -2.33. The number of benzene rings is 2. The Bertz CT molecular complexity index is 1310. The highest BCUT2D eigenvalue weighted by molar-refractivity contribution is 5.96. The second kappa shape index (κ2) is 12.0. The molecule has 1 atom stereocenters. The van der Waals surface area contributed by atoms with Crippen LogP contribution in [0.1, 0.15) is 59.8 Å². The summed E-state index contributed by atoms with van der Waals surface area (Å²) < 4.78 is 22.0. The van der Waals surface area contributed by atoms with Gasteiger partial charge in [-0.1, -0.05) is 31.4 Å². The third-order valence-electron chi connectivity index (χ3n) is 7.07. The zero-order valence-corrected chi connectivity index (χ0v) is 22.1. The van der Waals surface area contributed by atoms with Gasteiger partial charge in [0, 0.05) is 25.0 Å². The van der Waals surface area contributed by atoms with Crippen molar-refractivity contribution >= 4 is 11.8 Å². The first kappa shape index (κ1) is 26.3. The molecule has 10 nitrogen and oxygen atoms in total. The summed E-state index contributed by atoms with van der Waals surface area (Å²) in [6.07, 6.45) is 9.46. The topological polar surface area (TPSA) is 112 Å². The SMILES string of the molecule is COc1ccc(C(C(=O)NC2CCCCC2)N(Cc2ccc3c(c2)OCO3)C(=O)c2cnccn2)cc1OC. The minimum Gasteiger partial charge on any atom is -0.493 e. The van der Waals surface area contributed by atoms with Crippen LogP contribution in [-0.4, -0.2) is 53.7 Å². The largest absolute Gasteiger partial charge is 0.493 e. The van der Waals surface area contributed by atoms with Crippen molar-refractivity contribution in [3.63, 3.8) is 0 Å². The van der Waals surface area contributed by atoms with Crippen LogP contribution in [0.15, 0.2) is 55.0 Å². The Balaban J connectivity index is 1.57. The fourth-order valence-corrected chi connectivity index (χ4v) is 5.10. The molecule has 2 aliphatic rings. The fraction of sp³-hybridized carbons (Fsp3) is 0.379. The molecule has 1 fully saturated rings. The van der Waals surface area contributed by atoms with Gasteiger partial charge < -0.3 is 29.2 Å². The Hall–Kier alpha value is -4.34. The molecule has 3 aromatic rings. The quantitative estimate of drug-likeness (QED) is 0.439. The summed E-state index contributed by atoms with van der Waals surface area (Å²) in [5.41, 5.74) is 1.49. The number of methoxy groups -OCH3 is 2. The predicted molar refractivity (Wildman–Crippen MR) is 142 cm³/mol. The minimum absolute atomic E-state index is 0.0490. The molecule has 10 heteroatoms. The van der Waals surface area contributed by atoms with Crippen LogP contribution in [0.25, 0.3) is 0 Å². The smallest absolute Gasteiger partial charge is 0.275 e. The number of aromatic nitrogens is 2. The first-order valence-corrected chi connectivity index (χ1v) is 13.0. The number of carbonyl (C=O) groups excluding carboxylic acids is 2. The summed E-state index contributed by atoms with van der Waals surface area (Å²) in [4.78, 5) is 37.9. The summed E-state index contributed by atoms with van der Waals surface area (Å²) in [5, 5.41) is 3.21. The van der Waals surface area contributed by atoms with E-state index in [0.717, 1.165) is 37.7 Å². The van der Waals surface area contributed by atoms with Gasteiger partial charge in [-0.25, -0.2) is 4.98 Å². The minimum atomic E-state index is -0.980. The normalized spacial score (nSPS) is 15.3. The Kier molecular flexibility index (Phi) is 8.10. The monoisotopic (exact) mass is 532 g/mol. The van der Waals surface area contributed by atoms with Crippen molar-refractivity contribution in [3.05, 3.63) is 71.8 Å². The van der Waals surface area contributed by atoms with Crippen LogP contribution >= 0.6 is 0 Å². The van der Waals surface area contributed by atoms with Gasteiger partial charge >= 0.3 is 0 Å². The second-order valence-electron chi connectivity index (χ2n) is 9.57. The molecule has 1 aromatic heterocycles. The molecule has 2 amide bonds. The molecule has 0 saturated heterocycles. The van der Waals surface area contributed by atoms with Gasteiger partial charge in [0.2, 0.25) is 12.7 Å².